The molecule has 0 fully saturated rings. The van der Waals surface area contributed by atoms with Crippen molar-refractivity contribution >= 4 is 45.0 Å². The first-order valence-corrected chi connectivity index (χ1v) is 13.0. The Hall–Kier alpha value is -3.82. The van der Waals surface area contributed by atoms with Crippen LogP contribution < -0.4 is 21.1 Å². The standard InChI is InChI=1S/C29H32BrN3O5/c1-20(6-2-5-9-27(35)33-26-8-4-3-7-25(26)31)28(21-10-16-24(17-11-21)37-19-18-34)38-29(36)32-23-14-12-22(30)13-15-23/h3-5,7-17,20,28,34H,2,6,18-19,31H2,1H3,(H,32,36)(H,33,35)/b9-5+/t20-,28-/m0/s1. The molecule has 2 atom stereocenters. The lowest BCUT2D eigenvalue weighted by atomic mass is 9.93. The second kappa shape index (κ2) is 14.8. The van der Waals surface area contributed by atoms with E-state index in [0.717, 1.165) is 10.0 Å². The number of amides is 2. The van der Waals surface area contributed by atoms with Crippen molar-refractivity contribution in [1.29, 1.82) is 0 Å². The van der Waals surface area contributed by atoms with Gasteiger partial charge in [0, 0.05) is 10.2 Å². The van der Waals surface area contributed by atoms with Gasteiger partial charge in [-0.05, 0) is 78.9 Å². The van der Waals surface area contributed by atoms with Crippen molar-refractivity contribution in [2.75, 3.05) is 29.6 Å². The monoisotopic (exact) mass is 581 g/mol. The number of nitrogens with one attached hydrogen (secondary N) is 2. The van der Waals surface area contributed by atoms with Gasteiger partial charge in [0.25, 0.3) is 0 Å². The quantitative estimate of drug-likeness (QED) is 0.147. The Kier molecular flexibility index (Phi) is 11.2. The number of halogens is 1. The number of allylic oxidation sites excluding steroid dienone is 1. The van der Waals surface area contributed by atoms with Gasteiger partial charge in [0.15, 0.2) is 0 Å². The molecule has 0 bridgehead atoms. The molecule has 0 heterocycles. The predicted octanol–water partition coefficient (Wildman–Crippen LogP) is 6.30. The molecular weight excluding hydrogens is 550 g/mol. The first-order chi connectivity index (χ1) is 18.4. The zero-order valence-corrected chi connectivity index (χ0v) is 22.7. The topological polar surface area (TPSA) is 123 Å². The van der Waals surface area contributed by atoms with Gasteiger partial charge in [-0.15, -0.1) is 0 Å². The van der Waals surface area contributed by atoms with Gasteiger partial charge in [-0.1, -0.05) is 53.2 Å². The molecule has 3 aromatic rings. The summed E-state index contributed by atoms with van der Waals surface area (Å²) in [5.74, 6) is 0.282. The van der Waals surface area contributed by atoms with Gasteiger partial charge in [-0.3, -0.25) is 10.1 Å². The first-order valence-electron chi connectivity index (χ1n) is 12.2. The molecule has 9 heteroatoms. The Labute approximate surface area is 231 Å². The van der Waals surface area contributed by atoms with Crippen molar-refractivity contribution in [2.45, 2.75) is 25.9 Å². The number of ether oxygens (including phenoxy) is 2. The van der Waals surface area contributed by atoms with Gasteiger partial charge in [-0.2, -0.15) is 0 Å². The van der Waals surface area contributed by atoms with Crippen LogP contribution in [-0.4, -0.2) is 30.3 Å². The summed E-state index contributed by atoms with van der Waals surface area (Å²) in [6.45, 7) is 2.11. The molecule has 200 valence electrons. The molecule has 38 heavy (non-hydrogen) atoms. The number of hydrogen-bond acceptors (Lipinski definition) is 6. The number of nitrogen functional groups attached to an aromatic ring is 1. The van der Waals surface area contributed by atoms with E-state index in [4.69, 9.17) is 20.3 Å². The fourth-order valence-corrected chi connectivity index (χ4v) is 3.98. The number of aliphatic hydroxyl groups excluding tert-OH is 1. The van der Waals surface area contributed by atoms with Crippen LogP contribution in [0.1, 0.15) is 31.4 Å². The van der Waals surface area contributed by atoms with Crippen LogP contribution in [0.15, 0.2) is 89.4 Å². The third-order valence-electron chi connectivity index (χ3n) is 5.69. The minimum Gasteiger partial charge on any atom is -0.491 e. The molecule has 0 saturated carbocycles. The largest absolute Gasteiger partial charge is 0.491 e. The van der Waals surface area contributed by atoms with E-state index >= 15 is 0 Å². The number of rotatable bonds is 12. The highest BCUT2D eigenvalue weighted by Crippen LogP contribution is 2.31. The van der Waals surface area contributed by atoms with Gasteiger partial charge in [0.05, 0.1) is 18.0 Å². The van der Waals surface area contributed by atoms with Crippen LogP contribution in [0.3, 0.4) is 0 Å². The van der Waals surface area contributed by atoms with E-state index < -0.39 is 12.2 Å². The summed E-state index contributed by atoms with van der Waals surface area (Å²) in [6.07, 6.45) is 3.42. The number of para-hydroxylation sites is 2. The van der Waals surface area contributed by atoms with Crippen molar-refractivity contribution < 1.29 is 24.2 Å². The van der Waals surface area contributed by atoms with Crippen molar-refractivity contribution in [3.63, 3.8) is 0 Å². The van der Waals surface area contributed by atoms with Gasteiger partial charge in [-0.25, -0.2) is 4.79 Å². The maximum Gasteiger partial charge on any atom is 0.412 e. The Morgan fingerprint density at radius 1 is 1.03 bits per heavy atom. The number of hydrogen-bond donors (Lipinski definition) is 4. The van der Waals surface area contributed by atoms with E-state index in [1.54, 1.807) is 54.6 Å². The molecule has 0 unspecified atom stereocenters. The van der Waals surface area contributed by atoms with Gasteiger partial charge in [0.1, 0.15) is 18.5 Å². The number of aliphatic hydroxyl groups is 1. The summed E-state index contributed by atoms with van der Waals surface area (Å²) in [5.41, 5.74) is 8.36. The number of benzene rings is 3. The van der Waals surface area contributed by atoms with Crippen molar-refractivity contribution in [1.82, 2.24) is 0 Å². The third-order valence-corrected chi connectivity index (χ3v) is 6.22. The number of anilines is 3. The first kappa shape index (κ1) is 28.7. The lowest BCUT2D eigenvalue weighted by Crippen LogP contribution is -2.22. The van der Waals surface area contributed by atoms with Crippen LogP contribution in [0.2, 0.25) is 0 Å². The molecule has 3 aromatic carbocycles. The Morgan fingerprint density at radius 2 is 1.74 bits per heavy atom. The summed E-state index contributed by atoms with van der Waals surface area (Å²) in [6, 6.07) is 21.5. The van der Waals surface area contributed by atoms with Crippen molar-refractivity contribution in [3.8, 4) is 5.75 Å². The van der Waals surface area contributed by atoms with E-state index in [1.807, 2.05) is 31.2 Å². The van der Waals surface area contributed by atoms with Gasteiger partial charge in [0.2, 0.25) is 5.91 Å². The molecule has 0 saturated heterocycles. The number of carbonyl (C=O) groups is 2. The van der Waals surface area contributed by atoms with E-state index in [1.165, 1.54) is 6.08 Å². The predicted molar refractivity (Wildman–Crippen MR) is 153 cm³/mol. The van der Waals surface area contributed by atoms with Crippen molar-refractivity contribution in [2.24, 2.45) is 5.92 Å². The highest BCUT2D eigenvalue weighted by atomic mass is 79.9. The van der Waals surface area contributed by atoms with E-state index in [0.29, 0.717) is 35.7 Å². The normalized spacial score (nSPS) is 12.5. The maximum atomic E-state index is 12.7. The molecule has 8 nitrogen and oxygen atoms in total. The summed E-state index contributed by atoms with van der Waals surface area (Å²) in [4.78, 5) is 25.0. The fraction of sp³-hybridized carbons (Fsp3) is 0.241. The molecular formula is C29H32BrN3O5. The van der Waals surface area contributed by atoms with E-state index in [-0.39, 0.29) is 25.0 Å². The average molecular weight is 582 g/mol. The molecule has 0 spiro atoms. The highest BCUT2D eigenvalue weighted by molar-refractivity contribution is 9.10. The summed E-state index contributed by atoms with van der Waals surface area (Å²) >= 11 is 3.38. The zero-order valence-electron chi connectivity index (χ0n) is 21.1. The van der Waals surface area contributed by atoms with E-state index in [2.05, 4.69) is 26.6 Å². The molecule has 0 aliphatic rings. The van der Waals surface area contributed by atoms with Crippen LogP contribution in [0.25, 0.3) is 0 Å². The van der Waals surface area contributed by atoms with Crippen LogP contribution in [-0.2, 0) is 9.53 Å². The van der Waals surface area contributed by atoms with Crippen LogP contribution in [0, 0.1) is 5.92 Å². The molecule has 0 aromatic heterocycles. The average Bonchev–Trinajstić information content (AvgIpc) is 2.91. The fourth-order valence-electron chi connectivity index (χ4n) is 3.71. The van der Waals surface area contributed by atoms with Gasteiger partial charge >= 0.3 is 6.09 Å². The maximum absolute atomic E-state index is 12.7. The lowest BCUT2D eigenvalue weighted by Gasteiger charge is -2.25. The molecule has 2 amide bonds. The van der Waals surface area contributed by atoms with Crippen LogP contribution in [0.4, 0.5) is 21.9 Å². The number of nitrogens with two attached hydrogens (primary N) is 1. The Bertz CT molecular complexity index is 1220. The summed E-state index contributed by atoms with van der Waals surface area (Å²) in [5, 5.41) is 14.5. The van der Waals surface area contributed by atoms with Crippen molar-refractivity contribution in [3.05, 3.63) is 95.0 Å². The second-order valence-electron chi connectivity index (χ2n) is 8.63. The molecule has 0 aliphatic carbocycles. The minimum absolute atomic E-state index is 0.0626. The van der Waals surface area contributed by atoms with Crippen LogP contribution in [0.5, 0.6) is 5.75 Å². The lowest BCUT2D eigenvalue weighted by molar-refractivity contribution is -0.111. The Balaban J connectivity index is 1.63. The molecule has 3 rings (SSSR count). The SMILES string of the molecule is C[C@@H](CC/C=C/C(=O)Nc1ccccc1N)[C@H](OC(=O)Nc1ccc(Br)cc1)c1ccc(OCCO)cc1. The van der Waals surface area contributed by atoms with Gasteiger partial charge < -0.3 is 25.6 Å². The molecule has 5 N–H and O–H groups in total. The molecule has 0 radical (unpaired) electrons. The second-order valence-corrected chi connectivity index (χ2v) is 9.55. The summed E-state index contributed by atoms with van der Waals surface area (Å²) in [7, 11) is 0. The summed E-state index contributed by atoms with van der Waals surface area (Å²) < 4.78 is 12.2. The van der Waals surface area contributed by atoms with Crippen LogP contribution >= 0.6 is 15.9 Å². The smallest absolute Gasteiger partial charge is 0.412 e. The number of carbonyl (C=O) groups excluding carboxylic acids is 2. The highest BCUT2D eigenvalue weighted by Gasteiger charge is 2.23. The van der Waals surface area contributed by atoms with E-state index in [9.17, 15) is 9.59 Å². The zero-order chi connectivity index (χ0) is 27.3. The third kappa shape index (κ3) is 9.24. The minimum atomic E-state index is -0.569. The Morgan fingerprint density at radius 3 is 2.42 bits per heavy atom. The molecule has 0 aliphatic heterocycles.